The van der Waals surface area contributed by atoms with Crippen molar-refractivity contribution in [2.24, 2.45) is 16.9 Å². The molecule has 3 aliphatic carbocycles. The van der Waals surface area contributed by atoms with E-state index < -0.39 is 11.7 Å². The largest absolute Gasteiger partial charge is 0.507 e. The Morgan fingerprint density at radius 3 is 1.95 bits per heavy atom. The highest BCUT2D eigenvalue weighted by Crippen LogP contribution is 2.44. The third kappa shape index (κ3) is 5.21. The first-order valence-electron chi connectivity index (χ1n) is 15.5. The Morgan fingerprint density at radius 1 is 0.860 bits per heavy atom. The molecule has 0 bridgehead atoms. The molecule has 2 saturated carbocycles. The number of anilines is 2. The van der Waals surface area contributed by atoms with E-state index in [4.69, 9.17) is 4.74 Å². The predicted molar refractivity (Wildman–Crippen MR) is 168 cm³/mol. The Kier molecular flexibility index (Phi) is 7.79. The lowest BCUT2D eigenvalue weighted by Gasteiger charge is -2.31. The molecule has 0 saturated heterocycles. The number of phenolic OH excluding ortho intramolecular Hbond substituents is 1. The molecule has 226 valence electrons. The van der Waals surface area contributed by atoms with Gasteiger partial charge in [0.05, 0.1) is 23.9 Å². The smallest absolute Gasteiger partial charge is 0.285 e. The molecule has 2 aromatic rings. The van der Waals surface area contributed by atoms with Crippen molar-refractivity contribution in [2.75, 3.05) is 30.1 Å². The van der Waals surface area contributed by atoms with Crippen LogP contribution in [-0.4, -0.2) is 48.0 Å². The molecule has 43 heavy (non-hydrogen) atoms. The first-order valence-corrected chi connectivity index (χ1v) is 15.5. The maximum absolute atomic E-state index is 13.6. The molecule has 4 aliphatic rings. The molecule has 1 heterocycles. The monoisotopic (exact) mass is 583 g/mol. The molecule has 0 spiro atoms. The number of methoxy groups -OCH3 is 1. The van der Waals surface area contributed by atoms with Crippen LogP contribution in [-0.2, 0) is 14.3 Å². The molecule has 1 aliphatic heterocycles. The summed E-state index contributed by atoms with van der Waals surface area (Å²) in [7, 11) is 1.38. The Bertz CT molecular complexity index is 1530. The fraction of sp³-hybridized carbons (Fsp3) is 0.457. The molecule has 0 atom stereocenters. The van der Waals surface area contributed by atoms with Crippen LogP contribution in [0.2, 0.25) is 0 Å². The molecule has 2 fully saturated rings. The number of aromatic hydroxyl groups is 1. The average molecular weight is 584 g/mol. The van der Waals surface area contributed by atoms with Gasteiger partial charge in [-0.15, -0.1) is 5.10 Å². The molecular weight excluding hydrogens is 542 g/mol. The second kappa shape index (κ2) is 11.5. The van der Waals surface area contributed by atoms with Crippen molar-refractivity contribution < 1.29 is 24.5 Å². The summed E-state index contributed by atoms with van der Waals surface area (Å²) in [5.41, 5.74) is 4.35. The van der Waals surface area contributed by atoms with Gasteiger partial charge in [0.1, 0.15) is 17.1 Å². The van der Waals surface area contributed by atoms with Crippen molar-refractivity contribution >= 4 is 34.5 Å². The molecule has 6 rings (SSSR count). The highest BCUT2D eigenvalue weighted by atomic mass is 16.5. The molecule has 8 heteroatoms. The molecule has 2 N–H and O–H groups in total. The normalized spacial score (nSPS) is 21.2. The predicted octanol–water partition coefficient (Wildman–Crippen LogP) is 6.66. The standard InChI is InChI=1S/C35H41N3O5/c1-20-15-21(2)31(22(3)16-20)38-35(42)30(34(36-38)43-4)29-32(40)28(33(29)41)26-14-13-25(17-27(26)39)37(18-23-9-5-6-10-23)19-24-11-7-8-12-24/h13-17,23-24,39-40H,5-12,18-19H2,1-4H3. The lowest BCUT2D eigenvalue weighted by molar-refractivity contribution is -0.115. The quantitative estimate of drug-likeness (QED) is 0.354. The number of rotatable bonds is 7. The van der Waals surface area contributed by atoms with E-state index in [0.717, 1.165) is 35.5 Å². The number of carbonyl (C=O) groups excluding carboxylic acids is 2. The second-order valence-electron chi connectivity index (χ2n) is 12.7. The fourth-order valence-corrected chi connectivity index (χ4v) is 7.51. The van der Waals surface area contributed by atoms with E-state index in [2.05, 4.69) is 10.0 Å². The first kappa shape index (κ1) is 29.0. The summed E-state index contributed by atoms with van der Waals surface area (Å²) >= 11 is 0. The lowest BCUT2D eigenvalue weighted by Crippen LogP contribution is -2.33. The van der Waals surface area contributed by atoms with Gasteiger partial charge in [-0.2, -0.15) is 5.01 Å². The number of hydrogen-bond donors (Lipinski definition) is 2. The van der Waals surface area contributed by atoms with Crippen LogP contribution in [0.15, 0.2) is 52.3 Å². The number of phenols is 1. The number of ketones is 1. The van der Waals surface area contributed by atoms with Crippen molar-refractivity contribution in [1.82, 2.24) is 0 Å². The molecular formula is C35H41N3O5. The van der Waals surface area contributed by atoms with Crippen LogP contribution in [0.1, 0.15) is 73.6 Å². The number of benzene rings is 2. The summed E-state index contributed by atoms with van der Waals surface area (Å²) in [5, 5.41) is 27.9. The highest BCUT2D eigenvalue weighted by molar-refractivity contribution is 6.45. The van der Waals surface area contributed by atoms with Gasteiger partial charge in [-0.1, -0.05) is 43.4 Å². The summed E-state index contributed by atoms with van der Waals surface area (Å²) in [6, 6.07) is 9.28. The van der Waals surface area contributed by atoms with Crippen LogP contribution in [0.4, 0.5) is 11.4 Å². The highest BCUT2D eigenvalue weighted by Gasteiger charge is 2.46. The fourth-order valence-electron chi connectivity index (χ4n) is 7.51. The van der Waals surface area contributed by atoms with Crippen molar-refractivity contribution in [3.63, 3.8) is 0 Å². The van der Waals surface area contributed by atoms with Gasteiger partial charge < -0.3 is 19.8 Å². The number of carbonyl (C=O) groups is 2. The number of nitrogens with zero attached hydrogens (tertiary/aromatic N) is 3. The zero-order valence-electron chi connectivity index (χ0n) is 25.6. The molecule has 0 radical (unpaired) electrons. The number of allylic oxidation sites excluding steroid dienone is 2. The summed E-state index contributed by atoms with van der Waals surface area (Å²) in [6.45, 7) is 7.71. The van der Waals surface area contributed by atoms with E-state index in [-0.39, 0.29) is 39.7 Å². The number of aliphatic hydroxyl groups is 1. The minimum atomic E-state index is -0.546. The molecule has 2 aromatic carbocycles. The zero-order valence-corrected chi connectivity index (χ0v) is 25.6. The van der Waals surface area contributed by atoms with Crippen LogP contribution in [0, 0.1) is 32.6 Å². The number of hydrogen-bond acceptors (Lipinski definition) is 7. The SMILES string of the molecule is COC1=NN(c2c(C)cc(C)cc2C)C(=O)C1=C1C(=O)C(c2ccc(N(CC3CCCC3)CC3CCCC3)cc2O)=C1O. The maximum Gasteiger partial charge on any atom is 0.285 e. The van der Waals surface area contributed by atoms with Gasteiger partial charge in [-0.05, 0) is 81.5 Å². The number of aryl methyl sites for hydroxylation is 3. The third-order valence-corrected chi connectivity index (χ3v) is 9.55. The topological polar surface area (TPSA) is 103 Å². The van der Waals surface area contributed by atoms with Crippen LogP contribution in [0.3, 0.4) is 0 Å². The first-order chi connectivity index (χ1) is 20.7. The van der Waals surface area contributed by atoms with Crippen molar-refractivity contribution in [3.8, 4) is 5.75 Å². The Labute approximate surface area is 253 Å². The van der Waals surface area contributed by atoms with E-state index in [0.29, 0.717) is 17.5 Å². The number of aliphatic hydroxyl groups excluding tert-OH is 1. The number of hydrazone groups is 1. The summed E-state index contributed by atoms with van der Waals surface area (Å²) in [6.07, 6.45) is 10.1. The Balaban J connectivity index is 1.31. The Morgan fingerprint density at radius 2 is 1.44 bits per heavy atom. The van der Waals surface area contributed by atoms with E-state index in [1.807, 2.05) is 39.0 Å². The van der Waals surface area contributed by atoms with E-state index in [1.54, 1.807) is 12.1 Å². The number of ether oxygens (including phenoxy) is 1. The molecule has 1 amide bonds. The van der Waals surface area contributed by atoms with Crippen LogP contribution in [0.5, 0.6) is 5.75 Å². The van der Waals surface area contributed by atoms with Crippen molar-refractivity contribution in [3.05, 3.63) is 69.5 Å². The lowest BCUT2D eigenvalue weighted by atomic mass is 9.80. The van der Waals surface area contributed by atoms with Gasteiger partial charge >= 0.3 is 0 Å². The minimum absolute atomic E-state index is 0.00548. The van der Waals surface area contributed by atoms with Crippen molar-refractivity contribution in [2.45, 2.75) is 72.1 Å². The van der Waals surface area contributed by atoms with Crippen molar-refractivity contribution in [1.29, 1.82) is 0 Å². The van der Waals surface area contributed by atoms with Crippen LogP contribution < -0.4 is 9.91 Å². The molecule has 0 aromatic heterocycles. The van der Waals surface area contributed by atoms with Crippen LogP contribution >= 0.6 is 0 Å². The molecule has 8 nitrogen and oxygen atoms in total. The van der Waals surface area contributed by atoms with Gasteiger partial charge in [-0.3, -0.25) is 9.59 Å². The van der Waals surface area contributed by atoms with Gasteiger partial charge in [-0.25, -0.2) is 0 Å². The average Bonchev–Trinajstić information content (AvgIpc) is 3.73. The minimum Gasteiger partial charge on any atom is -0.507 e. The molecule has 0 unspecified atom stereocenters. The maximum atomic E-state index is 13.6. The van der Waals surface area contributed by atoms with Crippen LogP contribution in [0.25, 0.3) is 5.57 Å². The zero-order chi connectivity index (χ0) is 30.4. The van der Waals surface area contributed by atoms with Gasteiger partial charge in [0.15, 0.2) is 0 Å². The van der Waals surface area contributed by atoms with E-state index in [9.17, 15) is 19.8 Å². The Hall–Kier alpha value is -4.07. The summed E-state index contributed by atoms with van der Waals surface area (Å²) < 4.78 is 5.41. The summed E-state index contributed by atoms with van der Waals surface area (Å²) in [4.78, 5) is 29.6. The second-order valence-corrected chi connectivity index (χ2v) is 12.7. The van der Waals surface area contributed by atoms with Gasteiger partial charge in [0, 0.05) is 30.4 Å². The number of amides is 1. The third-order valence-electron chi connectivity index (χ3n) is 9.55. The van der Waals surface area contributed by atoms with E-state index in [1.165, 1.54) is 63.5 Å². The van der Waals surface area contributed by atoms with Gasteiger partial charge in [0.25, 0.3) is 5.91 Å². The number of Topliss-reactive ketones (excluding diaryl/α,β-unsaturated/α-hetero) is 1. The van der Waals surface area contributed by atoms with Gasteiger partial charge in [0.2, 0.25) is 11.7 Å². The summed E-state index contributed by atoms with van der Waals surface area (Å²) in [5.74, 6) is -0.196. The van der Waals surface area contributed by atoms with E-state index >= 15 is 0 Å².